The number of nitrogens with two attached hydrogens (primary N) is 1. The molecule has 0 aromatic heterocycles. The van der Waals surface area contributed by atoms with Crippen LogP contribution in [0.4, 0.5) is 11.4 Å². The molecule has 0 heterocycles. The summed E-state index contributed by atoms with van der Waals surface area (Å²) in [7, 11) is -2.54. The molecule has 1 rings (SSSR count). The van der Waals surface area contributed by atoms with Crippen LogP contribution in [0.3, 0.4) is 0 Å². The Balaban J connectivity index is 3.49. The van der Waals surface area contributed by atoms with Crippen LogP contribution in [-0.2, 0) is 10.0 Å². The second kappa shape index (κ2) is 5.37. The first kappa shape index (κ1) is 15.1. The monoisotopic (exact) mass is 285 g/mol. The zero-order chi connectivity index (χ0) is 14.8. The minimum atomic E-state index is -4.15. The van der Waals surface area contributed by atoms with Gasteiger partial charge in [0, 0.05) is 13.6 Å². The average Bonchev–Trinajstić information content (AvgIpc) is 2.25. The lowest BCUT2D eigenvalue weighted by Gasteiger charge is -2.19. The summed E-state index contributed by atoms with van der Waals surface area (Å²) < 4.78 is 22.8. The summed E-state index contributed by atoms with van der Waals surface area (Å²) in [6.45, 7) is 5.85. The van der Waals surface area contributed by atoms with Crippen LogP contribution in [0.25, 0.3) is 0 Å². The number of nitro groups is 1. The Hall–Kier alpha value is -1.93. The van der Waals surface area contributed by atoms with E-state index >= 15 is 0 Å². The SMILES string of the molecule is C=C(C)CN(C)c1cccc(S(N)(=O)=O)c1[N+](=O)[O-]. The quantitative estimate of drug-likeness (QED) is 0.498. The van der Waals surface area contributed by atoms with Crippen LogP contribution in [0.1, 0.15) is 6.92 Å². The van der Waals surface area contributed by atoms with E-state index in [4.69, 9.17) is 5.14 Å². The van der Waals surface area contributed by atoms with E-state index in [9.17, 15) is 18.5 Å². The van der Waals surface area contributed by atoms with E-state index in [1.165, 1.54) is 12.1 Å². The largest absolute Gasteiger partial charge is 0.365 e. The molecule has 0 saturated heterocycles. The van der Waals surface area contributed by atoms with Crippen LogP contribution in [0.15, 0.2) is 35.2 Å². The van der Waals surface area contributed by atoms with Gasteiger partial charge in [0.1, 0.15) is 5.69 Å². The normalized spacial score (nSPS) is 11.1. The predicted octanol–water partition coefficient (Wildman–Crippen LogP) is 1.25. The number of benzene rings is 1. The van der Waals surface area contributed by atoms with Crippen molar-refractivity contribution in [3.63, 3.8) is 0 Å². The molecule has 0 aliphatic carbocycles. The fourth-order valence-electron chi connectivity index (χ4n) is 1.72. The number of sulfonamides is 1. The van der Waals surface area contributed by atoms with E-state index in [2.05, 4.69) is 6.58 Å². The van der Waals surface area contributed by atoms with Gasteiger partial charge >= 0.3 is 5.69 Å². The highest BCUT2D eigenvalue weighted by molar-refractivity contribution is 7.89. The van der Waals surface area contributed by atoms with Gasteiger partial charge < -0.3 is 4.90 Å². The third-order valence-corrected chi connectivity index (χ3v) is 3.33. The van der Waals surface area contributed by atoms with Crippen molar-refractivity contribution in [3.8, 4) is 0 Å². The van der Waals surface area contributed by atoms with Gasteiger partial charge in [-0.1, -0.05) is 18.2 Å². The number of hydrogen-bond donors (Lipinski definition) is 1. The molecule has 0 unspecified atom stereocenters. The summed E-state index contributed by atoms with van der Waals surface area (Å²) in [5, 5.41) is 16.1. The Labute approximate surface area is 111 Å². The smallest absolute Gasteiger partial charge is 0.312 e. The van der Waals surface area contributed by atoms with Gasteiger partial charge in [0.05, 0.1) is 4.92 Å². The number of hydrogen-bond acceptors (Lipinski definition) is 5. The van der Waals surface area contributed by atoms with Crippen LogP contribution in [0.2, 0.25) is 0 Å². The van der Waals surface area contributed by atoms with Gasteiger partial charge in [-0.15, -0.1) is 0 Å². The lowest BCUT2D eigenvalue weighted by Crippen LogP contribution is -2.22. The van der Waals surface area contributed by atoms with Gasteiger partial charge in [-0.3, -0.25) is 10.1 Å². The number of rotatable bonds is 5. The molecule has 0 radical (unpaired) electrons. The average molecular weight is 285 g/mol. The second-order valence-electron chi connectivity index (χ2n) is 4.24. The lowest BCUT2D eigenvalue weighted by molar-refractivity contribution is -0.387. The first-order chi connectivity index (χ1) is 8.64. The first-order valence-electron chi connectivity index (χ1n) is 5.30. The molecule has 0 bridgehead atoms. The summed E-state index contributed by atoms with van der Waals surface area (Å²) >= 11 is 0. The molecule has 1 aromatic carbocycles. The summed E-state index contributed by atoms with van der Waals surface area (Å²) in [5.74, 6) is 0. The van der Waals surface area contributed by atoms with E-state index < -0.39 is 25.5 Å². The van der Waals surface area contributed by atoms with Gasteiger partial charge in [0.25, 0.3) is 0 Å². The third kappa shape index (κ3) is 3.52. The summed E-state index contributed by atoms with van der Waals surface area (Å²) in [4.78, 5) is 11.4. The van der Waals surface area contributed by atoms with Gasteiger partial charge in [-0.25, -0.2) is 13.6 Å². The molecular weight excluding hydrogens is 270 g/mol. The van der Waals surface area contributed by atoms with Gasteiger partial charge in [-0.05, 0) is 19.1 Å². The molecular formula is C11H15N3O4S. The second-order valence-corrected chi connectivity index (χ2v) is 5.77. The summed E-state index contributed by atoms with van der Waals surface area (Å²) in [6.07, 6.45) is 0. The van der Waals surface area contributed by atoms with Crippen molar-refractivity contribution in [1.82, 2.24) is 0 Å². The predicted molar refractivity (Wildman–Crippen MR) is 72.6 cm³/mol. The summed E-state index contributed by atoms with van der Waals surface area (Å²) in [5.41, 5.74) is 0.450. The van der Waals surface area contributed by atoms with Crippen molar-refractivity contribution in [2.75, 3.05) is 18.5 Å². The molecule has 1 aromatic rings. The van der Waals surface area contributed by atoms with Crippen molar-refractivity contribution >= 4 is 21.4 Å². The van der Waals surface area contributed by atoms with Crippen molar-refractivity contribution in [1.29, 1.82) is 0 Å². The highest BCUT2D eigenvalue weighted by atomic mass is 32.2. The molecule has 0 amide bonds. The fraction of sp³-hybridized carbons (Fsp3) is 0.273. The minimum absolute atomic E-state index is 0.180. The number of primary sulfonamides is 1. The Morgan fingerprint density at radius 3 is 2.53 bits per heavy atom. The highest BCUT2D eigenvalue weighted by Gasteiger charge is 2.28. The number of likely N-dealkylation sites (N-methyl/N-ethyl adjacent to an activating group) is 1. The lowest BCUT2D eigenvalue weighted by atomic mass is 10.2. The van der Waals surface area contributed by atoms with Gasteiger partial charge in [0.2, 0.25) is 10.0 Å². The van der Waals surface area contributed by atoms with Gasteiger partial charge in [-0.2, -0.15) is 0 Å². The van der Waals surface area contributed by atoms with Crippen LogP contribution < -0.4 is 10.0 Å². The van der Waals surface area contributed by atoms with E-state index in [0.29, 0.717) is 6.54 Å². The maximum atomic E-state index is 11.4. The zero-order valence-electron chi connectivity index (χ0n) is 10.7. The Morgan fingerprint density at radius 1 is 1.53 bits per heavy atom. The minimum Gasteiger partial charge on any atom is -0.365 e. The van der Waals surface area contributed by atoms with E-state index in [-0.39, 0.29) is 5.69 Å². The molecule has 0 atom stereocenters. The Bertz CT molecular complexity index is 625. The summed E-state index contributed by atoms with van der Waals surface area (Å²) in [6, 6.07) is 4.00. The zero-order valence-corrected chi connectivity index (χ0v) is 11.5. The van der Waals surface area contributed by atoms with Crippen LogP contribution in [-0.4, -0.2) is 26.9 Å². The molecule has 7 nitrogen and oxygen atoms in total. The molecule has 19 heavy (non-hydrogen) atoms. The Morgan fingerprint density at radius 2 is 2.11 bits per heavy atom. The number of anilines is 1. The first-order valence-corrected chi connectivity index (χ1v) is 6.85. The molecule has 0 fully saturated rings. The van der Waals surface area contributed by atoms with Crippen molar-refractivity contribution in [2.24, 2.45) is 5.14 Å². The molecule has 2 N–H and O–H groups in total. The third-order valence-electron chi connectivity index (χ3n) is 2.39. The van der Waals surface area contributed by atoms with Crippen molar-refractivity contribution in [3.05, 3.63) is 40.5 Å². The highest BCUT2D eigenvalue weighted by Crippen LogP contribution is 2.33. The van der Waals surface area contributed by atoms with Crippen molar-refractivity contribution < 1.29 is 13.3 Å². The van der Waals surface area contributed by atoms with Crippen LogP contribution in [0.5, 0.6) is 0 Å². The molecule has 0 aliphatic heterocycles. The van der Waals surface area contributed by atoms with Gasteiger partial charge in [0.15, 0.2) is 4.90 Å². The number of nitrogens with zero attached hydrogens (tertiary/aromatic N) is 2. The van der Waals surface area contributed by atoms with E-state index in [1.54, 1.807) is 18.9 Å². The standard InChI is InChI=1S/C11H15N3O4S/c1-8(2)7-13(3)9-5-4-6-10(19(12,17)18)11(9)14(15)16/h4-6H,1,7H2,2-3H3,(H2,12,17,18). The van der Waals surface area contributed by atoms with Crippen LogP contribution >= 0.6 is 0 Å². The van der Waals surface area contributed by atoms with Crippen LogP contribution in [0, 0.1) is 10.1 Å². The van der Waals surface area contributed by atoms with E-state index in [0.717, 1.165) is 11.6 Å². The molecule has 0 aliphatic rings. The molecule has 0 spiro atoms. The molecule has 104 valence electrons. The molecule has 8 heteroatoms. The van der Waals surface area contributed by atoms with E-state index in [1.807, 2.05) is 0 Å². The Kier molecular flexibility index (Phi) is 4.28. The topological polar surface area (TPSA) is 107 Å². The number of para-hydroxylation sites is 1. The van der Waals surface area contributed by atoms with Crippen molar-refractivity contribution in [2.45, 2.75) is 11.8 Å². The maximum Gasteiger partial charge on any atom is 0.312 e. The fourth-order valence-corrected chi connectivity index (χ4v) is 2.44. The number of nitro benzene ring substituents is 1. The molecule has 0 saturated carbocycles. The maximum absolute atomic E-state index is 11.4.